The Morgan fingerprint density at radius 3 is 2.62 bits per heavy atom. The van der Waals surface area contributed by atoms with Gasteiger partial charge in [-0.15, -0.1) is 0 Å². The number of anilines is 2. The van der Waals surface area contributed by atoms with Crippen LogP contribution < -0.4 is 16.4 Å². The first-order valence-corrected chi connectivity index (χ1v) is 8.34. The van der Waals surface area contributed by atoms with Crippen LogP contribution in [0.3, 0.4) is 0 Å². The van der Waals surface area contributed by atoms with Crippen molar-refractivity contribution in [2.45, 2.75) is 0 Å². The van der Waals surface area contributed by atoms with Crippen molar-refractivity contribution in [3.63, 3.8) is 0 Å². The lowest BCUT2D eigenvalue weighted by Crippen LogP contribution is -2.36. The highest BCUT2D eigenvalue weighted by atomic mass is 16.5. The maximum atomic E-state index is 8.62. The molecule has 0 spiro atoms. The molecule has 6 N–H and O–H groups in total. The normalized spacial score (nSPS) is 14.9. The van der Waals surface area contributed by atoms with Gasteiger partial charge >= 0.3 is 0 Å². The topological polar surface area (TPSA) is 125 Å². The van der Waals surface area contributed by atoms with Crippen LogP contribution in [0.4, 0.5) is 11.5 Å². The maximum absolute atomic E-state index is 8.62. The Labute approximate surface area is 152 Å². The van der Waals surface area contributed by atoms with Gasteiger partial charge in [-0.25, -0.2) is 4.98 Å². The summed E-state index contributed by atoms with van der Waals surface area (Å²) in [7, 11) is 0. The van der Waals surface area contributed by atoms with E-state index in [0.717, 1.165) is 30.0 Å². The van der Waals surface area contributed by atoms with Gasteiger partial charge in [0.15, 0.2) is 0 Å². The van der Waals surface area contributed by atoms with E-state index >= 15 is 0 Å². The molecule has 134 valence electrons. The second-order valence-electron chi connectivity index (χ2n) is 5.95. The Bertz CT molecular complexity index is 855. The van der Waals surface area contributed by atoms with Gasteiger partial charge in [0.25, 0.3) is 0 Å². The number of rotatable bonds is 5. The van der Waals surface area contributed by atoms with Crippen molar-refractivity contribution in [2.24, 2.45) is 5.73 Å². The van der Waals surface area contributed by atoms with Crippen LogP contribution >= 0.6 is 0 Å². The molecule has 2 heterocycles. The summed E-state index contributed by atoms with van der Waals surface area (Å²) < 4.78 is 5.38. The van der Waals surface area contributed by atoms with E-state index in [9.17, 15) is 0 Å². The van der Waals surface area contributed by atoms with Crippen molar-refractivity contribution in [3.8, 4) is 0 Å². The number of hydrogen-bond acceptors (Lipinski definition) is 7. The molecule has 0 atom stereocenters. The van der Waals surface area contributed by atoms with Crippen LogP contribution in [0, 0.1) is 10.8 Å². The predicted molar refractivity (Wildman–Crippen MR) is 105 cm³/mol. The van der Waals surface area contributed by atoms with Crippen LogP contribution in [0.1, 0.15) is 16.7 Å². The average Bonchev–Trinajstić information content (AvgIpc) is 2.70. The standard InChI is InChI=1S/C19H22N6O/c20-11-15(12-21)13-1-2-17(22)16(9-13)19(23)14-3-4-24-18(10-14)25-5-7-26-8-6-25/h1-4,9-12,20,23H,5-8,21-22H2/b15-12+,20-11?,23-19?. The van der Waals surface area contributed by atoms with Crippen molar-refractivity contribution in [3.05, 3.63) is 59.4 Å². The lowest BCUT2D eigenvalue weighted by molar-refractivity contribution is 0.122. The van der Waals surface area contributed by atoms with Crippen molar-refractivity contribution in [1.29, 1.82) is 10.8 Å². The van der Waals surface area contributed by atoms with Gasteiger partial charge in [-0.1, -0.05) is 6.07 Å². The van der Waals surface area contributed by atoms with Gasteiger partial charge in [0.1, 0.15) is 5.82 Å². The van der Waals surface area contributed by atoms with E-state index in [1.807, 2.05) is 6.07 Å². The molecule has 7 nitrogen and oxygen atoms in total. The second-order valence-corrected chi connectivity index (χ2v) is 5.95. The van der Waals surface area contributed by atoms with Gasteiger partial charge < -0.3 is 26.5 Å². The summed E-state index contributed by atoms with van der Waals surface area (Å²) in [5.74, 6) is 0.826. The summed E-state index contributed by atoms with van der Waals surface area (Å²) in [4.78, 5) is 6.56. The van der Waals surface area contributed by atoms with Crippen LogP contribution in [0.15, 0.2) is 42.7 Å². The summed E-state index contributed by atoms with van der Waals surface area (Å²) in [5, 5.41) is 16.1. The number of nitrogens with one attached hydrogen (secondary N) is 2. The summed E-state index contributed by atoms with van der Waals surface area (Å²) in [6.45, 7) is 2.92. The fourth-order valence-corrected chi connectivity index (χ4v) is 2.87. The number of aromatic nitrogens is 1. The molecule has 1 aliphatic heterocycles. The van der Waals surface area contributed by atoms with Crippen LogP contribution in [0.5, 0.6) is 0 Å². The van der Waals surface area contributed by atoms with Gasteiger partial charge in [-0.05, 0) is 29.8 Å². The molecule has 0 aliphatic carbocycles. The molecule has 7 heteroatoms. The monoisotopic (exact) mass is 350 g/mol. The number of ether oxygens (including phenoxy) is 1. The van der Waals surface area contributed by atoms with Crippen molar-refractivity contribution >= 4 is 29.0 Å². The molecule has 0 radical (unpaired) electrons. The first-order chi connectivity index (χ1) is 12.6. The molecule has 1 saturated heterocycles. The molecule has 0 unspecified atom stereocenters. The average molecular weight is 350 g/mol. The quantitative estimate of drug-likeness (QED) is 0.484. The molecule has 0 bridgehead atoms. The van der Waals surface area contributed by atoms with Crippen molar-refractivity contribution < 1.29 is 4.74 Å². The molecule has 1 aromatic carbocycles. The Kier molecular flexibility index (Phi) is 5.28. The Morgan fingerprint density at radius 2 is 1.92 bits per heavy atom. The van der Waals surface area contributed by atoms with Gasteiger partial charge in [0, 0.05) is 54.1 Å². The van der Waals surface area contributed by atoms with E-state index in [-0.39, 0.29) is 0 Å². The zero-order valence-corrected chi connectivity index (χ0v) is 14.4. The minimum absolute atomic E-state index is 0.308. The highest BCUT2D eigenvalue weighted by molar-refractivity contribution is 6.15. The zero-order chi connectivity index (χ0) is 18.5. The number of morpholine rings is 1. The molecule has 0 amide bonds. The molecule has 2 aromatic rings. The minimum Gasteiger partial charge on any atom is -0.404 e. The van der Waals surface area contributed by atoms with Crippen LogP contribution in [0.2, 0.25) is 0 Å². The Balaban J connectivity index is 1.94. The van der Waals surface area contributed by atoms with Gasteiger partial charge in [0.05, 0.1) is 18.9 Å². The highest BCUT2D eigenvalue weighted by Crippen LogP contribution is 2.23. The maximum Gasteiger partial charge on any atom is 0.129 e. The molecule has 1 fully saturated rings. The smallest absolute Gasteiger partial charge is 0.129 e. The number of nitrogen functional groups attached to an aromatic ring is 1. The van der Waals surface area contributed by atoms with Crippen molar-refractivity contribution in [2.75, 3.05) is 36.9 Å². The lowest BCUT2D eigenvalue weighted by Gasteiger charge is -2.28. The van der Waals surface area contributed by atoms with E-state index in [0.29, 0.717) is 35.7 Å². The Morgan fingerprint density at radius 1 is 1.15 bits per heavy atom. The third kappa shape index (κ3) is 3.57. The zero-order valence-electron chi connectivity index (χ0n) is 14.4. The fourth-order valence-electron chi connectivity index (χ4n) is 2.87. The molecular weight excluding hydrogens is 328 g/mol. The van der Waals surface area contributed by atoms with Crippen molar-refractivity contribution in [1.82, 2.24) is 4.98 Å². The predicted octanol–water partition coefficient (Wildman–Crippen LogP) is 1.87. The van der Waals surface area contributed by atoms with E-state index in [4.69, 9.17) is 27.0 Å². The van der Waals surface area contributed by atoms with E-state index < -0.39 is 0 Å². The number of pyridine rings is 1. The molecule has 26 heavy (non-hydrogen) atoms. The number of hydrogen-bond donors (Lipinski definition) is 4. The number of nitrogens with zero attached hydrogens (tertiary/aromatic N) is 2. The van der Waals surface area contributed by atoms with Gasteiger partial charge in [0.2, 0.25) is 0 Å². The summed E-state index contributed by atoms with van der Waals surface area (Å²) in [5.41, 5.74) is 15.1. The minimum atomic E-state index is 0.308. The first kappa shape index (κ1) is 17.6. The summed E-state index contributed by atoms with van der Waals surface area (Å²) in [6, 6.07) is 9.01. The van der Waals surface area contributed by atoms with Gasteiger partial charge in [-0.2, -0.15) is 0 Å². The molecule has 1 aromatic heterocycles. The number of allylic oxidation sites excluding steroid dienone is 1. The Hall–Kier alpha value is -3.19. The van der Waals surface area contributed by atoms with E-state index in [1.54, 1.807) is 30.5 Å². The van der Waals surface area contributed by atoms with E-state index in [1.165, 1.54) is 12.4 Å². The van der Waals surface area contributed by atoms with E-state index in [2.05, 4.69) is 9.88 Å². The number of nitrogens with two attached hydrogens (primary N) is 2. The summed E-state index contributed by atoms with van der Waals surface area (Å²) in [6.07, 6.45) is 4.26. The third-order valence-corrected chi connectivity index (χ3v) is 4.36. The van der Waals surface area contributed by atoms with Crippen LogP contribution in [0.25, 0.3) is 5.57 Å². The first-order valence-electron chi connectivity index (χ1n) is 8.34. The molecule has 1 aliphatic rings. The fraction of sp³-hybridized carbons (Fsp3) is 0.211. The SMILES string of the molecule is N=C/C(=C\N)c1ccc(N)c(C(=N)c2ccnc(N3CCOCC3)c2)c1. The highest BCUT2D eigenvalue weighted by Gasteiger charge is 2.15. The van der Waals surface area contributed by atoms with Gasteiger partial charge in [-0.3, -0.25) is 5.41 Å². The molecular formula is C19H22N6O. The van der Waals surface area contributed by atoms with Crippen LogP contribution in [-0.2, 0) is 4.74 Å². The largest absolute Gasteiger partial charge is 0.404 e. The number of benzene rings is 1. The van der Waals surface area contributed by atoms with Crippen LogP contribution in [-0.4, -0.2) is 43.2 Å². The molecule has 3 rings (SSSR count). The summed E-state index contributed by atoms with van der Waals surface area (Å²) >= 11 is 0. The molecule has 0 saturated carbocycles. The third-order valence-electron chi connectivity index (χ3n) is 4.36. The lowest BCUT2D eigenvalue weighted by atomic mass is 9.97. The second kappa shape index (κ2) is 7.79.